The number of halogens is 1. The summed E-state index contributed by atoms with van der Waals surface area (Å²) in [5.74, 6) is 0.752. The zero-order valence-corrected chi connectivity index (χ0v) is 16.6. The molecule has 1 saturated heterocycles. The van der Waals surface area contributed by atoms with Gasteiger partial charge in [0.25, 0.3) is 0 Å². The average Bonchev–Trinajstić information content (AvgIpc) is 2.72. The van der Waals surface area contributed by atoms with Gasteiger partial charge in [-0.3, -0.25) is 4.79 Å². The first-order valence-corrected chi connectivity index (χ1v) is 10.7. The van der Waals surface area contributed by atoms with E-state index in [1.54, 1.807) is 17.0 Å². The first kappa shape index (κ1) is 20.6. The molecule has 5 nitrogen and oxygen atoms in total. The molecule has 0 radical (unpaired) electrons. The van der Waals surface area contributed by atoms with Gasteiger partial charge in [0.2, 0.25) is 5.91 Å². The smallest absolute Gasteiger partial charge is 0.321 e. The Balaban J connectivity index is 1.38. The fourth-order valence-electron chi connectivity index (χ4n) is 4.33. The largest absolute Gasteiger partial charge is 0.356 e. The van der Waals surface area contributed by atoms with Crippen molar-refractivity contribution in [2.75, 3.05) is 25.0 Å². The fraction of sp³-hybridized carbons (Fsp3) is 0.636. The number of urea groups is 1. The molecule has 6 heteroatoms. The van der Waals surface area contributed by atoms with Crippen LogP contribution in [0.1, 0.15) is 57.8 Å². The van der Waals surface area contributed by atoms with E-state index in [0.29, 0.717) is 37.0 Å². The van der Waals surface area contributed by atoms with Crippen molar-refractivity contribution in [3.8, 4) is 0 Å². The molecule has 1 heterocycles. The second-order valence-corrected chi connectivity index (χ2v) is 8.24. The van der Waals surface area contributed by atoms with Gasteiger partial charge in [0.1, 0.15) is 5.82 Å². The highest BCUT2D eigenvalue weighted by atomic mass is 19.1. The number of nitrogens with zero attached hydrogens (tertiary/aromatic N) is 1. The van der Waals surface area contributed by atoms with Crippen molar-refractivity contribution in [3.63, 3.8) is 0 Å². The van der Waals surface area contributed by atoms with Crippen LogP contribution in [0.25, 0.3) is 0 Å². The van der Waals surface area contributed by atoms with Gasteiger partial charge in [-0.25, -0.2) is 9.18 Å². The number of benzene rings is 1. The molecule has 0 aromatic heterocycles. The zero-order valence-electron chi connectivity index (χ0n) is 16.6. The minimum absolute atomic E-state index is 0.131. The topological polar surface area (TPSA) is 61.4 Å². The molecule has 1 aliphatic heterocycles. The maximum absolute atomic E-state index is 13.3. The van der Waals surface area contributed by atoms with Gasteiger partial charge in [-0.2, -0.15) is 0 Å². The van der Waals surface area contributed by atoms with Crippen LogP contribution < -0.4 is 10.6 Å². The molecule has 1 aromatic rings. The van der Waals surface area contributed by atoms with Crippen LogP contribution >= 0.6 is 0 Å². The van der Waals surface area contributed by atoms with Crippen molar-refractivity contribution < 1.29 is 14.0 Å². The normalized spacial score (nSPS) is 20.6. The average molecular weight is 390 g/mol. The second-order valence-electron chi connectivity index (χ2n) is 8.24. The standard InChI is InChI=1S/C22H32FN3O2/c23-19-9-4-10-20(14-19)25-22(28)26-13-5-8-18(16-26)11-12-21(27)24-15-17-6-2-1-3-7-17/h4,9-10,14,17-18H,1-3,5-8,11-13,15-16H2,(H,24,27)(H,25,28)/t18-/m0/s1. The lowest BCUT2D eigenvalue weighted by atomic mass is 9.89. The van der Waals surface area contributed by atoms with Gasteiger partial charge in [0.05, 0.1) is 0 Å². The molecule has 3 amide bonds. The van der Waals surface area contributed by atoms with Crippen LogP contribution in [0.15, 0.2) is 24.3 Å². The number of likely N-dealkylation sites (tertiary alicyclic amines) is 1. The van der Waals surface area contributed by atoms with Crippen molar-refractivity contribution in [2.45, 2.75) is 57.8 Å². The highest BCUT2D eigenvalue weighted by Gasteiger charge is 2.24. The van der Waals surface area contributed by atoms with Crippen LogP contribution in [0.2, 0.25) is 0 Å². The Labute approximate surface area is 167 Å². The molecule has 154 valence electrons. The predicted octanol–water partition coefficient (Wildman–Crippen LogP) is 4.55. The molecule has 1 aliphatic carbocycles. The van der Waals surface area contributed by atoms with Crippen molar-refractivity contribution in [1.82, 2.24) is 10.2 Å². The number of amides is 3. The lowest BCUT2D eigenvalue weighted by Gasteiger charge is -2.32. The SMILES string of the molecule is O=C(CC[C@@H]1CCCN(C(=O)Nc2cccc(F)c2)C1)NCC1CCCCC1. The highest BCUT2D eigenvalue weighted by molar-refractivity contribution is 5.89. The van der Waals surface area contributed by atoms with Gasteiger partial charge in [-0.15, -0.1) is 0 Å². The lowest BCUT2D eigenvalue weighted by Crippen LogP contribution is -2.42. The van der Waals surface area contributed by atoms with Crippen molar-refractivity contribution in [2.24, 2.45) is 11.8 Å². The van der Waals surface area contributed by atoms with Crippen LogP contribution in [0.4, 0.5) is 14.9 Å². The van der Waals surface area contributed by atoms with Crippen LogP contribution in [0, 0.1) is 17.7 Å². The maximum Gasteiger partial charge on any atom is 0.321 e. The van der Waals surface area contributed by atoms with Crippen molar-refractivity contribution >= 4 is 17.6 Å². The summed E-state index contributed by atoms with van der Waals surface area (Å²) in [5.41, 5.74) is 0.467. The Bertz CT molecular complexity index is 661. The van der Waals surface area contributed by atoms with E-state index in [9.17, 15) is 14.0 Å². The van der Waals surface area contributed by atoms with Crippen LogP contribution in [0.5, 0.6) is 0 Å². The van der Waals surface area contributed by atoms with Gasteiger partial charge in [0.15, 0.2) is 0 Å². The van der Waals surface area contributed by atoms with Crippen molar-refractivity contribution in [1.29, 1.82) is 0 Å². The summed E-state index contributed by atoms with van der Waals surface area (Å²) < 4.78 is 13.3. The van der Waals surface area contributed by atoms with E-state index in [1.165, 1.54) is 44.2 Å². The van der Waals surface area contributed by atoms with E-state index in [-0.39, 0.29) is 17.8 Å². The van der Waals surface area contributed by atoms with E-state index < -0.39 is 0 Å². The minimum Gasteiger partial charge on any atom is -0.356 e. The van der Waals surface area contributed by atoms with E-state index in [0.717, 1.165) is 25.8 Å². The molecule has 1 saturated carbocycles. The highest BCUT2D eigenvalue weighted by Crippen LogP contribution is 2.24. The Hall–Kier alpha value is -2.11. The molecule has 2 N–H and O–H groups in total. The summed E-state index contributed by atoms with van der Waals surface area (Å²) in [6, 6.07) is 5.73. The third-order valence-electron chi connectivity index (χ3n) is 5.97. The molecule has 2 fully saturated rings. The third kappa shape index (κ3) is 6.50. The number of hydrogen-bond acceptors (Lipinski definition) is 2. The first-order chi connectivity index (χ1) is 13.6. The fourth-order valence-corrected chi connectivity index (χ4v) is 4.33. The molecule has 0 spiro atoms. The molecule has 0 unspecified atom stereocenters. The molecule has 2 aliphatic rings. The van der Waals surface area contributed by atoms with Crippen LogP contribution in [-0.2, 0) is 4.79 Å². The Morgan fingerprint density at radius 2 is 1.86 bits per heavy atom. The number of hydrogen-bond donors (Lipinski definition) is 2. The summed E-state index contributed by atoms with van der Waals surface area (Å²) >= 11 is 0. The van der Waals surface area contributed by atoms with E-state index >= 15 is 0 Å². The van der Waals surface area contributed by atoms with E-state index in [4.69, 9.17) is 0 Å². The summed E-state index contributed by atoms with van der Waals surface area (Å²) in [6.45, 7) is 2.16. The summed E-state index contributed by atoms with van der Waals surface area (Å²) in [7, 11) is 0. The van der Waals surface area contributed by atoms with Gasteiger partial charge >= 0.3 is 6.03 Å². The van der Waals surface area contributed by atoms with Gasteiger partial charge in [-0.1, -0.05) is 25.3 Å². The number of nitrogens with one attached hydrogen (secondary N) is 2. The quantitative estimate of drug-likeness (QED) is 0.750. The molecule has 3 rings (SSSR count). The van der Waals surface area contributed by atoms with E-state index in [2.05, 4.69) is 10.6 Å². The lowest BCUT2D eigenvalue weighted by molar-refractivity contribution is -0.121. The van der Waals surface area contributed by atoms with Gasteiger partial charge in [-0.05, 0) is 62.1 Å². The first-order valence-electron chi connectivity index (χ1n) is 10.7. The third-order valence-corrected chi connectivity index (χ3v) is 5.97. The van der Waals surface area contributed by atoms with E-state index in [1.807, 2.05) is 0 Å². The molecule has 0 bridgehead atoms. The second kappa shape index (κ2) is 10.4. The predicted molar refractivity (Wildman–Crippen MR) is 109 cm³/mol. The summed E-state index contributed by atoms with van der Waals surface area (Å²) in [6.07, 6.45) is 9.68. The number of rotatable bonds is 6. The van der Waals surface area contributed by atoms with Gasteiger partial charge < -0.3 is 15.5 Å². The Kier molecular flexibility index (Phi) is 7.69. The maximum atomic E-state index is 13.3. The van der Waals surface area contributed by atoms with Crippen LogP contribution in [-0.4, -0.2) is 36.5 Å². The Morgan fingerprint density at radius 3 is 2.64 bits per heavy atom. The molecular weight excluding hydrogens is 357 g/mol. The number of carbonyl (C=O) groups excluding carboxylic acids is 2. The summed E-state index contributed by atoms with van der Waals surface area (Å²) in [5, 5.41) is 5.86. The number of piperidine rings is 1. The van der Waals surface area contributed by atoms with Gasteiger partial charge in [0, 0.05) is 31.7 Å². The Morgan fingerprint density at radius 1 is 1.07 bits per heavy atom. The van der Waals surface area contributed by atoms with Crippen LogP contribution in [0.3, 0.4) is 0 Å². The number of carbonyl (C=O) groups is 2. The molecule has 1 atom stereocenters. The minimum atomic E-state index is -0.367. The molecule has 28 heavy (non-hydrogen) atoms. The zero-order chi connectivity index (χ0) is 19.8. The number of anilines is 1. The monoisotopic (exact) mass is 389 g/mol. The van der Waals surface area contributed by atoms with Crippen molar-refractivity contribution in [3.05, 3.63) is 30.1 Å². The molecular formula is C22H32FN3O2. The molecule has 1 aromatic carbocycles. The summed E-state index contributed by atoms with van der Waals surface area (Å²) in [4.78, 5) is 26.4.